The second-order valence-corrected chi connectivity index (χ2v) is 7.68. The molecule has 4 rings (SSSR count). The molecule has 0 radical (unpaired) electrons. The van der Waals surface area contributed by atoms with E-state index in [-0.39, 0.29) is 4.90 Å². The third-order valence-electron chi connectivity index (χ3n) is 4.06. The van der Waals surface area contributed by atoms with Crippen LogP contribution in [0.2, 0.25) is 0 Å². The summed E-state index contributed by atoms with van der Waals surface area (Å²) in [6.45, 7) is 0. The zero-order valence-electron chi connectivity index (χ0n) is 14.7. The molecule has 8 heteroatoms. The quantitative estimate of drug-likeness (QED) is 0.539. The lowest BCUT2D eigenvalue weighted by Gasteiger charge is -2.11. The Morgan fingerprint density at radius 3 is 2.39 bits per heavy atom. The SMILES string of the molecule is O=S(=O)(Nc1ccccc1Cc1nc(-c2ccncc2)no1)c1ccccc1. The van der Waals surface area contributed by atoms with Crippen LogP contribution < -0.4 is 4.72 Å². The molecule has 28 heavy (non-hydrogen) atoms. The van der Waals surface area contributed by atoms with Crippen LogP contribution in [0.4, 0.5) is 5.69 Å². The number of benzene rings is 2. The molecule has 0 spiro atoms. The van der Waals surface area contributed by atoms with Gasteiger partial charge in [0.1, 0.15) is 0 Å². The van der Waals surface area contributed by atoms with Gasteiger partial charge in [-0.3, -0.25) is 9.71 Å². The van der Waals surface area contributed by atoms with Gasteiger partial charge in [-0.1, -0.05) is 41.6 Å². The largest absolute Gasteiger partial charge is 0.339 e. The summed E-state index contributed by atoms with van der Waals surface area (Å²) in [6, 6.07) is 18.9. The van der Waals surface area contributed by atoms with Crippen molar-refractivity contribution in [1.29, 1.82) is 0 Å². The molecule has 2 aromatic heterocycles. The van der Waals surface area contributed by atoms with Gasteiger partial charge < -0.3 is 4.52 Å². The summed E-state index contributed by atoms with van der Waals surface area (Å²) in [5, 5.41) is 3.98. The number of sulfonamides is 1. The number of nitrogens with zero attached hydrogens (tertiary/aromatic N) is 3. The molecule has 0 aliphatic carbocycles. The standard InChI is InChI=1S/C20H16N4O3S/c25-28(26,17-7-2-1-3-8-17)24-18-9-5-4-6-16(18)14-19-22-20(23-27-19)15-10-12-21-13-11-15/h1-13,24H,14H2. The summed E-state index contributed by atoms with van der Waals surface area (Å²) >= 11 is 0. The van der Waals surface area contributed by atoms with Gasteiger partial charge in [0.25, 0.3) is 10.0 Å². The Labute approximate surface area is 162 Å². The van der Waals surface area contributed by atoms with Crippen LogP contribution in [-0.2, 0) is 16.4 Å². The van der Waals surface area contributed by atoms with Gasteiger partial charge in [0.15, 0.2) is 0 Å². The molecular weight excluding hydrogens is 376 g/mol. The Kier molecular flexibility index (Phi) is 4.86. The molecular formula is C20H16N4O3S. The van der Waals surface area contributed by atoms with Crippen molar-refractivity contribution in [3.63, 3.8) is 0 Å². The van der Waals surface area contributed by atoms with Gasteiger partial charge in [-0.25, -0.2) is 8.42 Å². The highest BCUT2D eigenvalue weighted by Gasteiger charge is 2.17. The minimum absolute atomic E-state index is 0.197. The molecule has 2 aromatic carbocycles. The molecule has 2 heterocycles. The van der Waals surface area contributed by atoms with E-state index in [9.17, 15) is 8.42 Å². The molecule has 0 atom stereocenters. The molecule has 0 amide bonds. The van der Waals surface area contributed by atoms with Crippen LogP contribution in [0.5, 0.6) is 0 Å². The first kappa shape index (κ1) is 17.9. The van der Waals surface area contributed by atoms with E-state index in [2.05, 4.69) is 19.8 Å². The molecule has 0 saturated carbocycles. The van der Waals surface area contributed by atoms with Crippen LogP contribution in [0.3, 0.4) is 0 Å². The third-order valence-corrected chi connectivity index (χ3v) is 5.44. The second kappa shape index (κ2) is 7.61. The average molecular weight is 392 g/mol. The first-order valence-corrected chi connectivity index (χ1v) is 9.99. The van der Waals surface area contributed by atoms with E-state index in [4.69, 9.17) is 4.52 Å². The Balaban J connectivity index is 1.58. The third kappa shape index (κ3) is 3.91. The normalized spacial score (nSPS) is 11.3. The van der Waals surface area contributed by atoms with Crippen molar-refractivity contribution in [3.05, 3.63) is 90.6 Å². The number of hydrogen-bond donors (Lipinski definition) is 1. The zero-order valence-corrected chi connectivity index (χ0v) is 15.5. The van der Waals surface area contributed by atoms with Crippen LogP contribution in [0.25, 0.3) is 11.4 Å². The van der Waals surface area contributed by atoms with E-state index >= 15 is 0 Å². The van der Waals surface area contributed by atoms with Crippen LogP contribution in [0.15, 0.2) is 88.5 Å². The summed E-state index contributed by atoms with van der Waals surface area (Å²) in [7, 11) is -3.69. The molecule has 0 aliphatic rings. The van der Waals surface area contributed by atoms with E-state index in [1.54, 1.807) is 67.0 Å². The maximum absolute atomic E-state index is 12.6. The van der Waals surface area contributed by atoms with E-state index in [0.29, 0.717) is 23.8 Å². The molecule has 140 valence electrons. The highest BCUT2D eigenvalue weighted by Crippen LogP contribution is 2.23. The van der Waals surface area contributed by atoms with Gasteiger partial charge in [-0.05, 0) is 35.9 Å². The van der Waals surface area contributed by atoms with Gasteiger partial charge in [0, 0.05) is 18.0 Å². The molecule has 0 bridgehead atoms. The van der Waals surface area contributed by atoms with Crippen molar-refractivity contribution in [2.24, 2.45) is 0 Å². The number of para-hydroxylation sites is 1. The number of anilines is 1. The summed E-state index contributed by atoms with van der Waals surface area (Å²) in [5.74, 6) is 0.845. The smallest absolute Gasteiger partial charge is 0.261 e. The van der Waals surface area contributed by atoms with Gasteiger partial charge in [0.2, 0.25) is 11.7 Å². The Morgan fingerprint density at radius 1 is 0.893 bits per heavy atom. The predicted octanol–water partition coefficient (Wildman–Crippen LogP) is 3.52. The number of aromatic nitrogens is 3. The summed E-state index contributed by atoms with van der Waals surface area (Å²) in [4.78, 5) is 8.55. The van der Waals surface area contributed by atoms with Crippen molar-refractivity contribution in [3.8, 4) is 11.4 Å². The molecule has 0 unspecified atom stereocenters. The van der Waals surface area contributed by atoms with Gasteiger partial charge in [-0.2, -0.15) is 4.98 Å². The van der Waals surface area contributed by atoms with Crippen LogP contribution in [0.1, 0.15) is 11.5 Å². The number of rotatable bonds is 6. The van der Waals surface area contributed by atoms with E-state index in [0.717, 1.165) is 11.1 Å². The molecule has 0 fully saturated rings. The number of hydrogen-bond acceptors (Lipinski definition) is 6. The summed E-state index contributed by atoms with van der Waals surface area (Å²) in [6.07, 6.45) is 3.60. The monoisotopic (exact) mass is 392 g/mol. The van der Waals surface area contributed by atoms with E-state index in [1.165, 1.54) is 0 Å². The fourth-order valence-electron chi connectivity index (χ4n) is 2.69. The zero-order chi connectivity index (χ0) is 19.4. The minimum Gasteiger partial charge on any atom is -0.339 e. The van der Waals surface area contributed by atoms with Crippen LogP contribution in [-0.4, -0.2) is 23.5 Å². The summed E-state index contributed by atoms with van der Waals surface area (Å²) in [5.41, 5.74) is 1.99. The van der Waals surface area contributed by atoms with Gasteiger partial charge in [-0.15, -0.1) is 0 Å². The van der Waals surface area contributed by atoms with Crippen LogP contribution in [0, 0.1) is 0 Å². The van der Waals surface area contributed by atoms with Crippen molar-refractivity contribution in [2.45, 2.75) is 11.3 Å². The highest BCUT2D eigenvalue weighted by atomic mass is 32.2. The lowest BCUT2D eigenvalue weighted by atomic mass is 10.1. The number of nitrogens with one attached hydrogen (secondary N) is 1. The van der Waals surface area contributed by atoms with E-state index in [1.807, 2.05) is 12.1 Å². The molecule has 0 aliphatic heterocycles. The number of pyridine rings is 1. The fourth-order valence-corrected chi connectivity index (χ4v) is 3.81. The highest BCUT2D eigenvalue weighted by molar-refractivity contribution is 7.92. The lowest BCUT2D eigenvalue weighted by molar-refractivity contribution is 0.386. The Hall–Kier alpha value is -3.52. The summed E-state index contributed by atoms with van der Waals surface area (Å²) < 4.78 is 33.2. The second-order valence-electron chi connectivity index (χ2n) is 6.00. The van der Waals surface area contributed by atoms with Gasteiger partial charge >= 0.3 is 0 Å². The van der Waals surface area contributed by atoms with Gasteiger partial charge in [0.05, 0.1) is 17.0 Å². The average Bonchev–Trinajstić information content (AvgIpc) is 3.19. The topological polar surface area (TPSA) is 98.0 Å². The molecule has 0 saturated heterocycles. The minimum atomic E-state index is -3.69. The molecule has 1 N–H and O–H groups in total. The predicted molar refractivity (Wildman–Crippen MR) is 104 cm³/mol. The molecule has 7 nitrogen and oxygen atoms in total. The Morgan fingerprint density at radius 2 is 1.61 bits per heavy atom. The maximum atomic E-state index is 12.6. The van der Waals surface area contributed by atoms with Crippen molar-refractivity contribution in [2.75, 3.05) is 4.72 Å². The maximum Gasteiger partial charge on any atom is 0.261 e. The van der Waals surface area contributed by atoms with Crippen LogP contribution >= 0.6 is 0 Å². The first-order chi connectivity index (χ1) is 13.6. The fraction of sp³-hybridized carbons (Fsp3) is 0.0500. The van der Waals surface area contributed by atoms with Crippen molar-refractivity contribution >= 4 is 15.7 Å². The first-order valence-electron chi connectivity index (χ1n) is 8.50. The Bertz CT molecular complexity index is 1180. The lowest BCUT2D eigenvalue weighted by Crippen LogP contribution is -2.14. The van der Waals surface area contributed by atoms with E-state index < -0.39 is 10.0 Å². The molecule has 4 aromatic rings. The van der Waals surface area contributed by atoms with Crippen molar-refractivity contribution in [1.82, 2.24) is 15.1 Å². The van der Waals surface area contributed by atoms with Crippen molar-refractivity contribution < 1.29 is 12.9 Å².